The highest BCUT2D eigenvalue weighted by atomic mass is 32.1. The molecule has 21 heavy (non-hydrogen) atoms. The van der Waals surface area contributed by atoms with Crippen LogP contribution in [0.2, 0.25) is 0 Å². The van der Waals surface area contributed by atoms with Crippen molar-refractivity contribution in [3.05, 3.63) is 59.7 Å². The van der Waals surface area contributed by atoms with Crippen LogP contribution in [0.25, 0.3) is 30.9 Å². The van der Waals surface area contributed by atoms with Crippen molar-refractivity contribution in [2.75, 3.05) is 0 Å². The summed E-state index contributed by atoms with van der Waals surface area (Å²) in [5, 5.41) is 5.02. The number of benzene rings is 3. The van der Waals surface area contributed by atoms with E-state index in [1.54, 1.807) is 0 Å². The van der Waals surface area contributed by atoms with Crippen molar-refractivity contribution in [2.45, 2.75) is 13.3 Å². The lowest BCUT2D eigenvalue weighted by Crippen LogP contribution is -1.88. The zero-order valence-corrected chi connectivity index (χ0v) is 12.5. The zero-order valence-electron chi connectivity index (χ0n) is 11.7. The van der Waals surface area contributed by atoms with Crippen LogP contribution in [-0.4, -0.2) is 6.29 Å². The second kappa shape index (κ2) is 4.68. The largest absolute Gasteiger partial charge is 0.303 e. The lowest BCUT2D eigenvalue weighted by atomic mass is 9.98. The van der Waals surface area contributed by atoms with E-state index in [4.69, 9.17) is 0 Å². The monoisotopic (exact) mass is 290 g/mol. The molecule has 0 aliphatic carbocycles. The molecule has 0 saturated heterocycles. The maximum absolute atomic E-state index is 11.1. The predicted molar refractivity (Wildman–Crippen MR) is 91.3 cm³/mol. The Labute approximate surface area is 126 Å². The molecule has 0 fully saturated rings. The predicted octanol–water partition coefficient (Wildman–Crippen LogP) is 5.26. The summed E-state index contributed by atoms with van der Waals surface area (Å²) >= 11 is 1.82. The van der Waals surface area contributed by atoms with E-state index < -0.39 is 0 Å². The second-order valence-corrected chi connectivity index (χ2v) is 6.49. The number of aldehydes is 1. The quantitative estimate of drug-likeness (QED) is 0.460. The maximum atomic E-state index is 11.1. The Morgan fingerprint density at radius 2 is 1.90 bits per heavy atom. The van der Waals surface area contributed by atoms with Crippen molar-refractivity contribution >= 4 is 48.6 Å². The highest BCUT2D eigenvalue weighted by molar-refractivity contribution is 7.26. The summed E-state index contributed by atoms with van der Waals surface area (Å²) in [4.78, 5) is 11.1. The van der Waals surface area contributed by atoms with Crippen LogP contribution >= 0.6 is 11.3 Å². The van der Waals surface area contributed by atoms with E-state index >= 15 is 0 Å². The lowest BCUT2D eigenvalue weighted by Gasteiger charge is -2.06. The summed E-state index contributed by atoms with van der Waals surface area (Å²) in [6, 6.07) is 17.2. The molecule has 1 heterocycles. The van der Waals surface area contributed by atoms with Crippen LogP contribution in [0.15, 0.2) is 48.5 Å². The van der Waals surface area contributed by atoms with Crippen LogP contribution in [0.4, 0.5) is 0 Å². The molecule has 0 unspecified atom stereocenters. The number of fused-ring (bicyclic) bond motifs is 5. The van der Waals surface area contributed by atoms with Crippen LogP contribution in [0, 0.1) is 6.92 Å². The third-order valence-electron chi connectivity index (χ3n) is 4.00. The van der Waals surface area contributed by atoms with Crippen molar-refractivity contribution in [1.29, 1.82) is 0 Å². The van der Waals surface area contributed by atoms with Crippen molar-refractivity contribution in [2.24, 2.45) is 0 Å². The van der Waals surface area contributed by atoms with E-state index in [9.17, 15) is 4.79 Å². The average Bonchev–Trinajstić information content (AvgIpc) is 2.87. The van der Waals surface area contributed by atoms with Crippen molar-refractivity contribution in [3.63, 3.8) is 0 Å². The highest BCUT2D eigenvalue weighted by Gasteiger charge is 2.12. The third-order valence-corrected chi connectivity index (χ3v) is 5.21. The van der Waals surface area contributed by atoms with E-state index in [1.807, 2.05) is 11.3 Å². The molecule has 0 aliphatic heterocycles. The summed E-state index contributed by atoms with van der Waals surface area (Å²) in [5.74, 6) is 0. The normalized spacial score (nSPS) is 11.5. The molecule has 3 aromatic carbocycles. The van der Waals surface area contributed by atoms with Gasteiger partial charge in [-0.25, -0.2) is 0 Å². The first-order valence-corrected chi connectivity index (χ1v) is 7.86. The Bertz CT molecular complexity index is 995. The number of rotatable bonds is 2. The van der Waals surface area contributed by atoms with E-state index in [0.29, 0.717) is 6.42 Å². The van der Waals surface area contributed by atoms with Crippen LogP contribution in [0.5, 0.6) is 0 Å². The first-order chi connectivity index (χ1) is 10.3. The molecule has 0 radical (unpaired) electrons. The summed E-state index contributed by atoms with van der Waals surface area (Å²) in [6.45, 7) is 2.11. The number of hydrogen-bond acceptors (Lipinski definition) is 2. The van der Waals surface area contributed by atoms with Gasteiger partial charge in [-0.2, -0.15) is 0 Å². The first kappa shape index (κ1) is 12.5. The standard InChI is InChI=1S/C19H14OS/c1-12-6-7-15-14(10-12)11-13(8-9-20)18-16-4-2-3-5-17(16)21-19(15)18/h2-7,9-11H,8H2,1H3. The minimum atomic E-state index is 0.473. The van der Waals surface area contributed by atoms with E-state index in [0.717, 1.165) is 11.8 Å². The molecule has 4 rings (SSSR count). The van der Waals surface area contributed by atoms with Crippen molar-refractivity contribution < 1.29 is 4.79 Å². The molecule has 1 aromatic heterocycles. The molecule has 0 amide bonds. The van der Waals surface area contributed by atoms with E-state index in [1.165, 1.54) is 36.5 Å². The Hall–Kier alpha value is -2.19. The van der Waals surface area contributed by atoms with Gasteiger partial charge in [0.1, 0.15) is 6.29 Å². The molecule has 0 saturated carbocycles. The van der Waals surface area contributed by atoms with Gasteiger partial charge in [0.05, 0.1) is 0 Å². The first-order valence-electron chi connectivity index (χ1n) is 7.05. The molecule has 2 heteroatoms. The molecular formula is C19H14OS. The Morgan fingerprint density at radius 3 is 2.76 bits per heavy atom. The molecular weight excluding hydrogens is 276 g/mol. The Kier molecular flexibility index (Phi) is 2.79. The molecule has 4 aromatic rings. The van der Waals surface area contributed by atoms with E-state index in [2.05, 4.69) is 55.5 Å². The summed E-state index contributed by atoms with van der Waals surface area (Å²) in [5.41, 5.74) is 2.38. The fraction of sp³-hybridized carbons (Fsp3) is 0.105. The van der Waals surface area contributed by atoms with Crippen LogP contribution < -0.4 is 0 Å². The zero-order chi connectivity index (χ0) is 14.4. The number of aryl methyl sites for hydroxylation is 1. The van der Waals surface area contributed by atoms with Gasteiger partial charge in [-0.1, -0.05) is 42.0 Å². The van der Waals surface area contributed by atoms with Gasteiger partial charge in [0.2, 0.25) is 0 Å². The van der Waals surface area contributed by atoms with Gasteiger partial charge in [-0.15, -0.1) is 11.3 Å². The summed E-state index contributed by atoms with van der Waals surface area (Å²) < 4.78 is 2.58. The molecule has 0 aliphatic rings. The lowest BCUT2D eigenvalue weighted by molar-refractivity contribution is -0.107. The number of carbonyl (C=O) groups excluding carboxylic acids is 1. The van der Waals surface area contributed by atoms with Crippen LogP contribution in [0.1, 0.15) is 11.1 Å². The van der Waals surface area contributed by atoms with Crippen molar-refractivity contribution in [3.8, 4) is 0 Å². The van der Waals surface area contributed by atoms with Gasteiger partial charge >= 0.3 is 0 Å². The Morgan fingerprint density at radius 1 is 1.05 bits per heavy atom. The Balaban J connectivity index is 2.27. The van der Waals surface area contributed by atoms with Crippen molar-refractivity contribution in [1.82, 2.24) is 0 Å². The third kappa shape index (κ3) is 1.87. The van der Waals surface area contributed by atoms with Gasteiger partial charge in [0, 0.05) is 26.6 Å². The number of thiophene rings is 1. The smallest absolute Gasteiger partial charge is 0.124 e. The topological polar surface area (TPSA) is 17.1 Å². The molecule has 0 bridgehead atoms. The summed E-state index contributed by atoms with van der Waals surface area (Å²) in [7, 11) is 0. The summed E-state index contributed by atoms with van der Waals surface area (Å²) in [6.07, 6.45) is 1.48. The minimum Gasteiger partial charge on any atom is -0.303 e. The van der Waals surface area contributed by atoms with Gasteiger partial charge < -0.3 is 4.79 Å². The molecule has 102 valence electrons. The number of hydrogen-bond donors (Lipinski definition) is 0. The molecule has 0 atom stereocenters. The van der Waals surface area contributed by atoms with Gasteiger partial charge in [-0.3, -0.25) is 0 Å². The highest BCUT2D eigenvalue weighted by Crippen LogP contribution is 2.40. The molecule has 1 nitrogen and oxygen atoms in total. The average molecular weight is 290 g/mol. The molecule has 0 N–H and O–H groups in total. The fourth-order valence-electron chi connectivity index (χ4n) is 3.07. The van der Waals surface area contributed by atoms with Gasteiger partial charge in [0.25, 0.3) is 0 Å². The fourth-order valence-corrected chi connectivity index (χ4v) is 4.36. The van der Waals surface area contributed by atoms with Crippen LogP contribution in [0.3, 0.4) is 0 Å². The van der Waals surface area contributed by atoms with E-state index in [-0.39, 0.29) is 0 Å². The minimum absolute atomic E-state index is 0.473. The second-order valence-electron chi connectivity index (χ2n) is 5.43. The molecule has 0 spiro atoms. The van der Waals surface area contributed by atoms with Gasteiger partial charge in [0.15, 0.2) is 0 Å². The van der Waals surface area contributed by atoms with Gasteiger partial charge in [-0.05, 0) is 35.4 Å². The SMILES string of the molecule is Cc1ccc2c(c1)cc(CC=O)c1c3ccccc3sc21. The maximum Gasteiger partial charge on any atom is 0.124 e. The van der Waals surface area contributed by atoms with Crippen LogP contribution in [-0.2, 0) is 11.2 Å². The number of carbonyl (C=O) groups is 1.